The van der Waals surface area contributed by atoms with Crippen LogP contribution in [0.2, 0.25) is 5.02 Å². The summed E-state index contributed by atoms with van der Waals surface area (Å²) in [5, 5.41) is 4.25. The lowest BCUT2D eigenvalue weighted by molar-refractivity contribution is 0.0683. The first-order valence-electron chi connectivity index (χ1n) is 7.87. The summed E-state index contributed by atoms with van der Waals surface area (Å²) < 4.78 is 0. The summed E-state index contributed by atoms with van der Waals surface area (Å²) in [4.78, 5) is 4.76. The third-order valence-electron chi connectivity index (χ3n) is 4.82. The molecule has 21 heavy (non-hydrogen) atoms. The Kier molecular flexibility index (Phi) is 5.53. The van der Waals surface area contributed by atoms with Gasteiger partial charge in [0.05, 0.1) is 0 Å². The lowest BCUT2D eigenvalue weighted by atomic mass is 9.75. The fraction of sp³-hybridized carbons (Fsp3) is 0.647. The van der Waals surface area contributed by atoms with Gasteiger partial charge in [-0.05, 0) is 52.0 Å². The largest absolute Gasteiger partial charge is 0.372 e. The molecule has 0 amide bonds. The normalized spacial score (nSPS) is 16.9. The van der Waals surface area contributed by atoms with Crippen LogP contribution in [0.4, 0.5) is 5.69 Å². The van der Waals surface area contributed by atoms with Crippen LogP contribution in [-0.2, 0) is 6.54 Å². The SMILES string of the molecule is CCNCc1c(Cl)cccc1N(C)CC1(N(C)C)CCC1. The van der Waals surface area contributed by atoms with Crippen molar-refractivity contribution in [1.29, 1.82) is 0 Å². The van der Waals surface area contributed by atoms with Gasteiger partial charge in [-0.2, -0.15) is 0 Å². The molecule has 1 saturated carbocycles. The highest BCUT2D eigenvalue weighted by Crippen LogP contribution is 2.38. The van der Waals surface area contributed by atoms with Crippen LogP contribution in [0.15, 0.2) is 18.2 Å². The first-order valence-corrected chi connectivity index (χ1v) is 8.24. The second-order valence-corrected chi connectivity index (χ2v) is 6.75. The van der Waals surface area contributed by atoms with E-state index in [0.717, 1.165) is 24.7 Å². The van der Waals surface area contributed by atoms with Crippen LogP contribution in [0.3, 0.4) is 0 Å². The van der Waals surface area contributed by atoms with E-state index in [1.165, 1.54) is 30.5 Å². The number of likely N-dealkylation sites (N-methyl/N-ethyl adjacent to an activating group) is 2. The number of halogens is 1. The van der Waals surface area contributed by atoms with Gasteiger partial charge in [-0.15, -0.1) is 0 Å². The van der Waals surface area contributed by atoms with E-state index >= 15 is 0 Å². The predicted molar refractivity (Wildman–Crippen MR) is 92.4 cm³/mol. The van der Waals surface area contributed by atoms with Crippen LogP contribution >= 0.6 is 11.6 Å². The van der Waals surface area contributed by atoms with Crippen molar-refractivity contribution in [2.24, 2.45) is 0 Å². The monoisotopic (exact) mass is 309 g/mol. The highest BCUT2D eigenvalue weighted by molar-refractivity contribution is 6.31. The van der Waals surface area contributed by atoms with E-state index < -0.39 is 0 Å². The van der Waals surface area contributed by atoms with Gasteiger partial charge in [0.2, 0.25) is 0 Å². The average molecular weight is 310 g/mol. The molecule has 1 N–H and O–H groups in total. The summed E-state index contributed by atoms with van der Waals surface area (Å²) in [6.45, 7) is 4.95. The highest BCUT2D eigenvalue weighted by atomic mass is 35.5. The highest BCUT2D eigenvalue weighted by Gasteiger charge is 2.40. The van der Waals surface area contributed by atoms with Crippen molar-refractivity contribution in [2.75, 3.05) is 39.1 Å². The van der Waals surface area contributed by atoms with Crippen LogP contribution in [0.25, 0.3) is 0 Å². The predicted octanol–water partition coefficient (Wildman–Crippen LogP) is 3.37. The van der Waals surface area contributed by atoms with Gasteiger partial charge in [-0.25, -0.2) is 0 Å². The molecule has 0 radical (unpaired) electrons. The minimum Gasteiger partial charge on any atom is -0.372 e. The maximum absolute atomic E-state index is 6.41. The first kappa shape index (κ1) is 16.6. The van der Waals surface area contributed by atoms with Gasteiger partial charge < -0.3 is 15.1 Å². The lowest BCUT2D eigenvalue weighted by Gasteiger charge is -2.49. The van der Waals surface area contributed by atoms with E-state index in [4.69, 9.17) is 11.6 Å². The van der Waals surface area contributed by atoms with Crippen molar-refractivity contribution >= 4 is 17.3 Å². The second kappa shape index (κ2) is 6.99. The molecule has 118 valence electrons. The summed E-state index contributed by atoms with van der Waals surface area (Å²) in [5.41, 5.74) is 2.78. The molecule has 2 rings (SSSR count). The molecule has 4 heteroatoms. The third-order valence-corrected chi connectivity index (χ3v) is 5.18. The smallest absolute Gasteiger partial charge is 0.0471 e. The van der Waals surface area contributed by atoms with Crippen LogP contribution in [-0.4, -0.2) is 44.7 Å². The van der Waals surface area contributed by atoms with Crippen LogP contribution in [0.5, 0.6) is 0 Å². The van der Waals surface area contributed by atoms with E-state index in [0.29, 0.717) is 5.54 Å². The van der Waals surface area contributed by atoms with Crippen molar-refractivity contribution in [3.8, 4) is 0 Å². The van der Waals surface area contributed by atoms with Gasteiger partial charge in [-0.3, -0.25) is 0 Å². The Bertz CT molecular complexity index is 469. The Morgan fingerprint density at radius 1 is 1.24 bits per heavy atom. The number of benzene rings is 1. The molecule has 1 aromatic rings. The molecule has 0 saturated heterocycles. The van der Waals surface area contributed by atoms with Gasteiger partial charge in [0.25, 0.3) is 0 Å². The van der Waals surface area contributed by atoms with E-state index in [2.05, 4.69) is 49.2 Å². The Balaban J connectivity index is 2.18. The molecule has 0 atom stereocenters. The molecule has 0 heterocycles. The Labute approximate surface area is 134 Å². The number of hydrogen-bond donors (Lipinski definition) is 1. The molecule has 1 aliphatic carbocycles. The zero-order valence-electron chi connectivity index (χ0n) is 13.7. The topological polar surface area (TPSA) is 18.5 Å². The lowest BCUT2D eigenvalue weighted by Crippen LogP contribution is -2.56. The maximum atomic E-state index is 6.41. The Hall–Kier alpha value is -0.770. The van der Waals surface area contributed by atoms with E-state index in [-0.39, 0.29) is 0 Å². The van der Waals surface area contributed by atoms with Crippen LogP contribution < -0.4 is 10.2 Å². The fourth-order valence-corrected chi connectivity index (χ4v) is 3.42. The van der Waals surface area contributed by atoms with Gasteiger partial charge in [0.1, 0.15) is 0 Å². The van der Waals surface area contributed by atoms with Crippen molar-refractivity contribution in [1.82, 2.24) is 10.2 Å². The molecule has 0 aliphatic heterocycles. The quantitative estimate of drug-likeness (QED) is 0.833. The average Bonchev–Trinajstić information content (AvgIpc) is 2.40. The minimum atomic E-state index is 0.326. The van der Waals surface area contributed by atoms with Crippen molar-refractivity contribution in [3.63, 3.8) is 0 Å². The summed E-state index contributed by atoms with van der Waals surface area (Å²) >= 11 is 6.41. The van der Waals surface area contributed by atoms with Crippen LogP contribution in [0.1, 0.15) is 31.7 Å². The minimum absolute atomic E-state index is 0.326. The summed E-state index contributed by atoms with van der Waals surface area (Å²) in [5.74, 6) is 0. The third kappa shape index (κ3) is 3.53. The second-order valence-electron chi connectivity index (χ2n) is 6.35. The van der Waals surface area contributed by atoms with Gasteiger partial charge in [0.15, 0.2) is 0 Å². The summed E-state index contributed by atoms with van der Waals surface area (Å²) in [6, 6.07) is 6.21. The molecular formula is C17H28ClN3. The molecule has 0 aromatic heterocycles. The Morgan fingerprint density at radius 3 is 2.48 bits per heavy atom. The fourth-order valence-electron chi connectivity index (χ4n) is 3.19. The maximum Gasteiger partial charge on any atom is 0.0471 e. The summed E-state index contributed by atoms with van der Waals surface area (Å²) in [7, 11) is 6.58. The zero-order chi connectivity index (χ0) is 15.5. The summed E-state index contributed by atoms with van der Waals surface area (Å²) in [6.07, 6.45) is 3.91. The van der Waals surface area contributed by atoms with E-state index in [1.54, 1.807) is 0 Å². The molecule has 0 spiro atoms. The first-order chi connectivity index (χ1) is 10.00. The van der Waals surface area contributed by atoms with Gasteiger partial charge in [-0.1, -0.05) is 24.6 Å². The van der Waals surface area contributed by atoms with Gasteiger partial charge in [0, 0.05) is 41.9 Å². The molecule has 1 aliphatic rings. The Morgan fingerprint density at radius 2 is 1.95 bits per heavy atom. The zero-order valence-corrected chi connectivity index (χ0v) is 14.5. The molecule has 1 aromatic carbocycles. The van der Waals surface area contributed by atoms with Gasteiger partial charge >= 0.3 is 0 Å². The molecule has 3 nitrogen and oxygen atoms in total. The number of nitrogens with one attached hydrogen (secondary N) is 1. The number of anilines is 1. The molecule has 0 unspecified atom stereocenters. The van der Waals surface area contributed by atoms with Crippen molar-refractivity contribution in [2.45, 2.75) is 38.3 Å². The van der Waals surface area contributed by atoms with Crippen molar-refractivity contribution in [3.05, 3.63) is 28.8 Å². The van der Waals surface area contributed by atoms with E-state index in [1.807, 2.05) is 12.1 Å². The number of rotatable bonds is 7. The standard InChI is InChI=1S/C17H28ClN3/c1-5-19-12-14-15(18)8-6-9-16(14)21(4)13-17(20(2)3)10-7-11-17/h6,8-9,19H,5,7,10-13H2,1-4H3. The van der Waals surface area contributed by atoms with E-state index in [9.17, 15) is 0 Å². The molecule has 0 bridgehead atoms. The van der Waals surface area contributed by atoms with Crippen LogP contribution in [0, 0.1) is 0 Å². The molecular weight excluding hydrogens is 282 g/mol. The molecule has 1 fully saturated rings. The number of hydrogen-bond acceptors (Lipinski definition) is 3. The number of nitrogens with zero attached hydrogens (tertiary/aromatic N) is 2. The van der Waals surface area contributed by atoms with Crippen molar-refractivity contribution < 1.29 is 0 Å².